The van der Waals surface area contributed by atoms with Gasteiger partial charge in [-0.05, 0) is 56.2 Å². The van der Waals surface area contributed by atoms with Gasteiger partial charge in [-0.15, -0.1) is 0 Å². The Balaban J connectivity index is 2.05. The van der Waals surface area contributed by atoms with Crippen molar-refractivity contribution in [2.24, 2.45) is 5.41 Å². The van der Waals surface area contributed by atoms with Crippen molar-refractivity contribution in [1.29, 1.82) is 0 Å². The molecule has 0 amide bonds. The highest BCUT2D eigenvalue weighted by molar-refractivity contribution is 5.27. The molecule has 1 N–H and O–H groups in total. The Labute approximate surface area is 120 Å². The summed E-state index contributed by atoms with van der Waals surface area (Å²) in [6.07, 6.45) is 6.22. The lowest BCUT2D eigenvalue weighted by atomic mass is 9.83. The third kappa shape index (κ3) is 3.20. The lowest BCUT2D eigenvalue weighted by molar-refractivity contribution is 0.257. The Morgan fingerprint density at radius 1 is 1.20 bits per heavy atom. The van der Waals surface area contributed by atoms with Gasteiger partial charge in [0, 0.05) is 18.2 Å². The Kier molecular flexibility index (Phi) is 4.79. The highest BCUT2D eigenvalue weighted by Gasteiger charge is 2.32. The lowest BCUT2D eigenvalue weighted by Gasteiger charge is -2.30. The molecule has 0 saturated heterocycles. The molecule has 0 heterocycles. The zero-order valence-electron chi connectivity index (χ0n) is 12.7. The van der Waals surface area contributed by atoms with Crippen molar-refractivity contribution >= 4 is 0 Å². The third-order valence-corrected chi connectivity index (χ3v) is 4.94. The minimum absolute atomic E-state index is 0.158. The highest BCUT2D eigenvalue weighted by Crippen LogP contribution is 2.40. The van der Waals surface area contributed by atoms with E-state index in [0.29, 0.717) is 16.5 Å². The normalized spacial score (nSPS) is 19.2. The topological polar surface area (TPSA) is 12.0 Å². The monoisotopic (exact) mass is 281 g/mol. The Morgan fingerprint density at radius 3 is 2.45 bits per heavy atom. The summed E-state index contributed by atoms with van der Waals surface area (Å²) in [5.41, 5.74) is 1.14. The molecule has 1 atom stereocenters. The molecular weight excluding hydrogens is 256 g/mol. The highest BCUT2D eigenvalue weighted by atomic mass is 19.1. The number of hydrogen-bond donors (Lipinski definition) is 1. The third-order valence-electron chi connectivity index (χ3n) is 4.94. The fraction of sp³-hybridized carbons (Fsp3) is 0.647. The predicted octanol–water partition coefficient (Wildman–Crippen LogP) is 4.89. The van der Waals surface area contributed by atoms with E-state index in [1.165, 1.54) is 37.8 Å². The van der Waals surface area contributed by atoms with Crippen LogP contribution in [0.5, 0.6) is 0 Å². The zero-order chi connectivity index (χ0) is 14.8. The Morgan fingerprint density at radius 2 is 1.85 bits per heavy atom. The van der Waals surface area contributed by atoms with Gasteiger partial charge >= 0.3 is 0 Å². The van der Waals surface area contributed by atoms with Crippen LogP contribution >= 0.6 is 0 Å². The van der Waals surface area contributed by atoms with Crippen molar-refractivity contribution in [3.63, 3.8) is 0 Å². The molecule has 112 valence electrons. The molecule has 1 aliphatic carbocycles. The van der Waals surface area contributed by atoms with Gasteiger partial charge in [-0.3, -0.25) is 0 Å². The van der Waals surface area contributed by atoms with E-state index in [-0.39, 0.29) is 17.7 Å². The van der Waals surface area contributed by atoms with Gasteiger partial charge < -0.3 is 5.32 Å². The van der Waals surface area contributed by atoms with E-state index in [1.54, 1.807) is 6.92 Å². The maximum Gasteiger partial charge on any atom is 0.128 e. The van der Waals surface area contributed by atoms with Crippen LogP contribution in [0.4, 0.5) is 8.78 Å². The summed E-state index contributed by atoms with van der Waals surface area (Å²) in [4.78, 5) is 0. The van der Waals surface area contributed by atoms with Crippen molar-refractivity contribution < 1.29 is 8.78 Å². The Hall–Kier alpha value is -0.960. The fourth-order valence-electron chi connectivity index (χ4n) is 3.25. The molecule has 1 nitrogen and oxygen atoms in total. The number of halogens is 2. The zero-order valence-corrected chi connectivity index (χ0v) is 12.7. The summed E-state index contributed by atoms with van der Waals surface area (Å²) < 4.78 is 27.6. The largest absolute Gasteiger partial charge is 0.310 e. The average Bonchev–Trinajstić information content (AvgIpc) is 2.90. The van der Waals surface area contributed by atoms with Crippen LogP contribution in [0.25, 0.3) is 0 Å². The second-order valence-corrected chi connectivity index (χ2v) is 6.29. The molecule has 0 spiro atoms. The van der Waals surface area contributed by atoms with Crippen LogP contribution < -0.4 is 5.32 Å². The molecule has 1 fully saturated rings. The van der Waals surface area contributed by atoms with Gasteiger partial charge in [0.1, 0.15) is 11.6 Å². The van der Waals surface area contributed by atoms with Gasteiger partial charge in [-0.2, -0.15) is 0 Å². The number of aryl methyl sites for hydroxylation is 1. The van der Waals surface area contributed by atoms with Crippen LogP contribution in [0, 0.1) is 24.0 Å². The molecule has 0 radical (unpaired) electrons. The maximum absolute atomic E-state index is 14.0. The average molecular weight is 281 g/mol. The summed E-state index contributed by atoms with van der Waals surface area (Å²) in [6, 6.07) is 2.46. The first-order valence-corrected chi connectivity index (χ1v) is 7.66. The maximum atomic E-state index is 14.0. The van der Waals surface area contributed by atoms with Crippen molar-refractivity contribution in [1.82, 2.24) is 5.32 Å². The number of benzene rings is 1. The van der Waals surface area contributed by atoms with Gasteiger partial charge in [0.15, 0.2) is 0 Å². The van der Waals surface area contributed by atoms with Crippen molar-refractivity contribution in [3.05, 3.63) is 34.9 Å². The van der Waals surface area contributed by atoms with Crippen molar-refractivity contribution in [2.45, 2.75) is 58.9 Å². The van der Waals surface area contributed by atoms with Gasteiger partial charge in [-0.1, -0.05) is 19.8 Å². The standard InChI is InChI=1S/C17H25F2N/c1-4-17(7-5-6-8-17)11-20-13(3)14-10-15(18)12(2)9-16(14)19/h9-10,13,20H,4-8,11H2,1-3H3. The first-order chi connectivity index (χ1) is 9.47. The van der Waals surface area contributed by atoms with Crippen LogP contribution in [0.1, 0.15) is 63.1 Å². The summed E-state index contributed by atoms with van der Waals surface area (Å²) in [5, 5.41) is 3.41. The second-order valence-electron chi connectivity index (χ2n) is 6.29. The molecule has 1 aromatic carbocycles. The number of nitrogens with one attached hydrogen (secondary N) is 1. The lowest BCUT2D eigenvalue weighted by Crippen LogP contribution is -2.33. The predicted molar refractivity (Wildman–Crippen MR) is 78.7 cm³/mol. The first kappa shape index (κ1) is 15.4. The van der Waals surface area contributed by atoms with Gasteiger partial charge in [0.25, 0.3) is 0 Å². The molecule has 20 heavy (non-hydrogen) atoms. The molecule has 0 aliphatic heterocycles. The van der Waals surface area contributed by atoms with Gasteiger partial charge in [0.05, 0.1) is 0 Å². The molecule has 3 heteroatoms. The van der Waals surface area contributed by atoms with Crippen molar-refractivity contribution in [2.75, 3.05) is 6.54 Å². The minimum Gasteiger partial charge on any atom is -0.310 e. The van der Waals surface area contributed by atoms with Crippen LogP contribution in [-0.4, -0.2) is 6.54 Å². The molecule has 1 saturated carbocycles. The summed E-state index contributed by atoms with van der Waals surface area (Å²) in [5.74, 6) is -0.651. The molecule has 2 rings (SSSR count). The molecular formula is C17H25F2N. The van der Waals surface area contributed by atoms with E-state index in [4.69, 9.17) is 0 Å². The second kappa shape index (κ2) is 6.21. The quantitative estimate of drug-likeness (QED) is 0.810. The summed E-state index contributed by atoms with van der Waals surface area (Å²) >= 11 is 0. The first-order valence-electron chi connectivity index (χ1n) is 7.66. The van der Waals surface area contributed by atoms with Crippen LogP contribution in [0.2, 0.25) is 0 Å². The number of rotatable bonds is 5. The number of hydrogen-bond acceptors (Lipinski definition) is 1. The molecule has 0 bridgehead atoms. The smallest absolute Gasteiger partial charge is 0.128 e. The minimum atomic E-state index is -0.332. The SMILES string of the molecule is CCC1(CNC(C)c2cc(F)c(C)cc2F)CCCC1. The van der Waals surface area contributed by atoms with Gasteiger partial charge in [0.2, 0.25) is 0 Å². The van der Waals surface area contributed by atoms with E-state index >= 15 is 0 Å². The molecule has 1 aliphatic rings. The summed E-state index contributed by atoms with van der Waals surface area (Å²) in [6.45, 7) is 6.61. The van der Waals surface area contributed by atoms with Crippen LogP contribution in [0.3, 0.4) is 0 Å². The Bertz CT molecular complexity index is 464. The van der Waals surface area contributed by atoms with Crippen LogP contribution in [-0.2, 0) is 0 Å². The molecule has 0 aromatic heterocycles. The summed E-state index contributed by atoms with van der Waals surface area (Å²) in [7, 11) is 0. The van der Waals surface area contributed by atoms with Crippen molar-refractivity contribution in [3.8, 4) is 0 Å². The van der Waals surface area contributed by atoms with E-state index in [0.717, 1.165) is 13.0 Å². The van der Waals surface area contributed by atoms with E-state index in [1.807, 2.05) is 6.92 Å². The van der Waals surface area contributed by atoms with E-state index in [9.17, 15) is 8.78 Å². The van der Waals surface area contributed by atoms with E-state index < -0.39 is 0 Å². The van der Waals surface area contributed by atoms with Crippen LogP contribution in [0.15, 0.2) is 12.1 Å². The van der Waals surface area contributed by atoms with E-state index in [2.05, 4.69) is 12.2 Å². The molecule has 1 unspecified atom stereocenters. The van der Waals surface area contributed by atoms with Gasteiger partial charge in [-0.25, -0.2) is 8.78 Å². The molecule has 1 aromatic rings. The fourth-order valence-corrected chi connectivity index (χ4v) is 3.25.